The summed E-state index contributed by atoms with van der Waals surface area (Å²) in [5.41, 5.74) is 0. The number of carboxylic acid groups (broad SMARTS) is 2. The molecule has 0 bridgehead atoms. The van der Waals surface area contributed by atoms with Crippen LogP contribution in [0.2, 0.25) is 0 Å². The smallest absolute Gasteiger partial charge is 0.364 e. The van der Waals surface area contributed by atoms with E-state index in [0.717, 1.165) is 91.4 Å². The lowest BCUT2D eigenvalue weighted by Crippen LogP contribution is -2.72. The van der Waals surface area contributed by atoms with Gasteiger partial charge in [0.1, 0.15) is 128 Å². The van der Waals surface area contributed by atoms with Gasteiger partial charge in [0.05, 0.1) is 88.8 Å². The highest BCUT2D eigenvalue weighted by molar-refractivity contribution is 5.78. The van der Waals surface area contributed by atoms with Gasteiger partial charge in [0.15, 0.2) is 25.2 Å². The average molecular weight is 1900 g/mol. The zero-order valence-corrected chi connectivity index (χ0v) is 76.8. The summed E-state index contributed by atoms with van der Waals surface area (Å²) in [5.74, 6) is -16.5. The first-order valence-electron chi connectivity index (χ1n) is 47.8. The van der Waals surface area contributed by atoms with E-state index in [1.165, 1.54) is 122 Å². The Morgan fingerprint density at radius 3 is 1.26 bits per heavy atom. The molecule has 6 heterocycles. The Labute approximate surface area is 766 Å². The van der Waals surface area contributed by atoms with Crippen LogP contribution in [0.15, 0.2) is 0 Å². The maximum atomic E-state index is 14.4. The number of rotatable bonds is 65. The summed E-state index contributed by atoms with van der Waals surface area (Å²) in [6.45, 7) is -0.675. The molecule has 0 spiro atoms. The van der Waals surface area contributed by atoms with E-state index < -0.39 is 308 Å². The Morgan fingerprint density at radius 2 is 0.802 bits per heavy atom. The topological polar surface area (TPSA) is 674 Å². The van der Waals surface area contributed by atoms with Gasteiger partial charge in [-0.3, -0.25) is 14.4 Å². The predicted octanol–water partition coefficient (Wildman–Crippen LogP) is -0.994. The van der Waals surface area contributed by atoms with Gasteiger partial charge in [-0.15, -0.1) is 0 Å². The van der Waals surface area contributed by atoms with Gasteiger partial charge in [-0.1, -0.05) is 213 Å². The fourth-order valence-electron chi connectivity index (χ4n) is 18.2. The number of ether oxygens (including phenoxy) is 12. The van der Waals surface area contributed by atoms with Crippen LogP contribution in [0.4, 0.5) is 0 Å². The van der Waals surface area contributed by atoms with Crippen LogP contribution in [0.5, 0.6) is 0 Å². The Kier molecular flexibility index (Phi) is 52.8. The van der Waals surface area contributed by atoms with Crippen LogP contribution in [0.1, 0.15) is 272 Å². The van der Waals surface area contributed by atoms with E-state index in [9.17, 15) is 136 Å². The minimum atomic E-state index is -3.67. The third-order valence-electron chi connectivity index (χ3n) is 25.7. The van der Waals surface area contributed by atoms with Gasteiger partial charge in [0.25, 0.3) is 11.6 Å². The lowest BCUT2D eigenvalue weighted by molar-refractivity contribution is -0.407. The number of hydrogen-bond acceptors (Lipinski definition) is 37. The Bertz CT molecular complexity index is 3220. The fraction of sp³-hybridized carbons (Fsp3) is 0.933. The van der Waals surface area contributed by atoms with Gasteiger partial charge in [-0.25, -0.2) is 9.59 Å². The van der Waals surface area contributed by atoms with Crippen molar-refractivity contribution in [3.05, 3.63) is 0 Å². The van der Waals surface area contributed by atoms with Crippen molar-refractivity contribution in [3.63, 3.8) is 0 Å². The second-order valence-electron chi connectivity index (χ2n) is 36.4. The zero-order valence-electron chi connectivity index (χ0n) is 76.8. The second-order valence-corrected chi connectivity index (χ2v) is 36.4. The summed E-state index contributed by atoms with van der Waals surface area (Å²) in [6.07, 6.45) is -28.3. The van der Waals surface area contributed by atoms with Crippen LogP contribution in [0.3, 0.4) is 0 Å². The quantitative estimate of drug-likeness (QED) is 0.0325. The number of nitrogens with one attached hydrogen (secondary N) is 3. The third kappa shape index (κ3) is 35.0. The molecular weight excluding hydrogens is 1730 g/mol. The van der Waals surface area contributed by atoms with Crippen molar-refractivity contribution in [1.82, 2.24) is 16.0 Å². The van der Waals surface area contributed by atoms with Crippen LogP contribution in [-0.2, 0) is 85.6 Å². The Balaban J connectivity index is 1.30. The molecule has 131 heavy (non-hydrogen) atoms. The van der Waals surface area contributed by atoms with Gasteiger partial charge in [0.2, 0.25) is 17.7 Å². The molecule has 0 aliphatic carbocycles. The van der Waals surface area contributed by atoms with Crippen molar-refractivity contribution in [3.8, 4) is 0 Å². The molecule has 0 aromatic rings. The number of aliphatic carboxylic acids is 2. The summed E-state index contributed by atoms with van der Waals surface area (Å²) in [4.78, 5) is 80.6. The first-order chi connectivity index (χ1) is 62.6. The zero-order chi connectivity index (χ0) is 96.7. The van der Waals surface area contributed by atoms with Crippen LogP contribution < -0.4 is 16.0 Å². The molecule has 6 rings (SSSR count). The molecule has 0 radical (unpaired) electrons. The molecule has 34 atom stereocenters. The van der Waals surface area contributed by atoms with Crippen molar-refractivity contribution in [2.24, 2.45) is 5.92 Å². The van der Waals surface area contributed by atoms with Gasteiger partial charge in [-0.2, -0.15) is 0 Å². The lowest BCUT2D eigenvalue weighted by Gasteiger charge is -2.53. The number of unbranched alkanes of at least 4 members (excludes halogenated alkanes) is 30. The van der Waals surface area contributed by atoms with Crippen molar-refractivity contribution < 1.29 is 193 Å². The number of carboxylic acids is 2. The van der Waals surface area contributed by atoms with Crippen molar-refractivity contribution >= 4 is 35.4 Å². The third-order valence-corrected chi connectivity index (χ3v) is 25.7. The Morgan fingerprint density at radius 1 is 0.405 bits per heavy atom. The number of carbonyl (C=O) groups is 6. The molecular formula is C89H159N3O39. The number of ketones is 1. The highest BCUT2D eigenvalue weighted by Gasteiger charge is 2.64. The number of amides is 3. The SMILES string of the molecule is CCCCCCCCCCCCCCCCCCCCCC(=O)N[C@@H](CO[C@@H]1O[C@H](CO)[C@@H](O[C@@H]2O[C@H](CO)[C@H](O[C@@H]3O[C@H](CO)[C@H](O)[C@H](O[C@@H]4O[C@H](CO)[C@H](O)[C@H](O)[C@H]4O)[C@H]3CC(C)=O)[C@H](O[C@]3(C(=O)O)C[C@H](O)[C@@H](NC(C)=O)C([C@H](O)[C@@H](CO)O[C@]4(C(=O)O)C[C@H](O)[C@@H](NC(C)=O)C([C@H](O)[C@H](O)CO)O4)O3)[C@H]2O)[C@H](O)[C@H]1O)[C@H](O)CCCCCCCCCCCCCCC. The molecule has 6 aliphatic heterocycles. The predicted molar refractivity (Wildman–Crippen MR) is 460 cm³/mol. The maximum absolute atomic E-state index is 14.4. The van der Waals surface area contributed by atoms with Gasteiger partial charge in [0, 0.05) is 45.4 Å². The van der Waals surface area contributed by atoms with Crippen LogP contribution in [-0.4, -0.2) is 390 Å². The molecule has 3 amide bonds. The molecule has 764 valence electrons. The fourth-order valence-corrected chi connectivity index (χ4v) is 18.2. The summed E-state index contributed by atoms with van der Waals surface area (Å²) in [5, 5.41) is 246. The summed E-state index contributed by atoms with van der Waals surface area (Å²) in [6, 6.07) is -5.01. The second kappa shape index (κ2) is 59.9. The molecule has 6 saturated heterocycles. The largest absolute Gasteiger partial charge is 0.477 e. The number of hydrogen-bond donors (Lipinski definition) is 24. The van der Waals surface area contributed by atoms with Crippen LogP contribution in [0.25, 0.3) is 0 Å². The number of aliphatic hydroxyl groups excluding tert-OH is 19. The number of Topliss-reactive ketones (excluding diaryl/α,β-unsaturated/α-hetero) is 1. The average Bonchev–Trinajstić information content (AvgIpc) is 0.730. The van der Waals surface area contributed by atoms with Gasteiger partial charge >= 0.3 is 11.9 Å². The summed E-state index contributed by atoms with van der Waals surface area (Å²) in [7, 11) is 0. The molecule has 2 unspecified atom stereocenters. The molecule has 6 aliphatic rings. The van der Waals surface area contributed by atoms with Crippen LogP contribution >= 0.6 is 0 Å². The highest BCUT2D eigenvalue weighted by atomic mass is 16.8. The molecule has 6 fully saturated rings. The Hall–Kier alpha value is -4.22. The molecule has 0 aromatic heterocycles. The monoisotopic (exact) mass is 1890 g/mol. The van der Waals surface area contributed by atoms with Gasteiger partial charge < -0.3 is 185 Å². The van der Waals surface area contributed by atoms with Crippen LogP contribution in [0, 0.1) is 5.92 Å². The standard InChI is InChI=1S/C89H159N3O39/c1-6-8-10-12-14-16-18-20-21-22-23-24-25-27-29-31-33-35-37-39-64(106)92-54(55(102)38-36-34-32-30-28-26-19-17-15-13-11-9-7-2)49-120-83-74(114)72(112)77(62(47-97)123-83)126-85-75(115)81(78(63(48-98)124-85)127-82-53(40-50(3)99)76(69(109)60(45-95)121-82)125-84-73(113)71(111)68(108)59(44-94)122-84)131-89(87(118)119)42-57(104)66(91-52(5)101)80(130-89)70(110)61(46-96)128-88(86(116)117)41-56(103)65(90-51(4)100)79(129-88)67(107)58(105)43-93/h53-63,65-85,93-98,102-105,107-115H,6-49H2,1-5H3,(H,90,100)(H,91,101)(H,92,106)(H,116,117)(H,118,119)/t53-,54+,55-,56+,57+,58-,59-,60-,61-,62-,63-,65-,66-,67-,68+,69+,70-,71+,72-,73-,74-,75-,76-,77-,78+,79?,80?,81-,82+,83-,84+,85+,88-,89+/m1/s1. The molecule has 24 N–H and O–H groups in total. The first-order valence-corrected chi connectivity index (χ1v) is 47.8. The van der Waals surface area contributed by atoms with E-state index >= 15 is 0 Å². The van der Waals surface area contributed by atoms with Gasteiger partial charge in [-0.05, 0) is 19.8 Å². The van der Waals surface area contributed by atoms with E-state index in [0.29, 0.717) is 12.8 Å². The normalized spacial score (nSPS) is 34.4. The highest BCUT2D eigenvalue weighted by Crippen LogP contribution is 2.44. The van der Waals surface area contributed by atoms with E-state index in [1.807, 2.05) is 0 Å². The minimum absolute atomic E-state index is 0.113. The van der Waals surface area contributed by atoms with E-state index in [4.69, 9.17) is 56.8 Å². The molecule has 42 nitrogen and oxygen atoms in total. The molecule has 0 saturated carbocycles. The summed E-state index contributed by atoms with van der Waals surface area (Å²) < 4.78 is 72.7. The van der Waals surface area contributed by atoms with Crippen molar-refractivity contribution in [2.45, 2.75) is 474 Å². The minimum Gasteiger partial charge on any atom is -0.477 e. The van der Waals surface area contributed by atoms with E-state index in [1.54, 1.807) is 0 Å². The first kappa shape index (κ1) is 115. The number of aliphatic hydroxyl groups is 19. The lowest BCUT2D eigenvalue weighted by atomic mass is 9.86. The maximum Gasteiger partial charge on any atom is 0.364 e. The van der Waals surface area contributed by atoms with Crippen molar-refractivity contribution in [2.75, 3.05) is 46.2 Å². The van der Waals surface area contributed by atoms with E-state index in [-0.39, 0.29) is 12.8 Å². The van der Waals surface area contributed by atoms with Crippen molar-refractivity contribution in [1.29, 1.82) is 0 Å². The molecule has 0 aromatic carbocycles. The number of carbonyl (C=O) groups excluding carboxylic acids is 4. The summed E-state index contributed by atoms with van der Waals surface area (Å²) >= 11 is 0. The van der Waals surface area contributed by atoms with E-state index in [2.05, 4.69) is 29.8 Å². The molecule has 42 heteroatoms.